The van der Waals surface area contributed by atoms with Gasteiger partial charge in [0.2, 0.25) is 11.5 Å². The molecule has 0 saturated carbocycles. The van der Waals surface area contributed by atoms with Gasteiger partial charge >= 0.3 is 5.97 Å². The fraction of sp³-hybridized carbons (Fsp3) is 0.318. The van der Waals surface area contributed by atoms with Crippen molar-refractivity contribution < 1.29 is 29.0 Å². The van der Waals surface area contributed by atoms with Gasteiger partial charge in [-0.25, -0.2) is 4.90 Å². The van der Waals surface area contributed by atoms with Crippen LogP contribution in [-0.4, -0.2) is 28.6 Å². The van der Waals surface area contributed by atoms with E-state index >= 15 is 0 Å². The smallest absolute Gasteiger partial charge is 0.304 e. The highest BCUT2D eigenvalue weighted by molar-refractivity contribution is 6.23. The average molecular weight is 408 g/mol. The summed E-state index contributed by atoms with van der Waals surface area (Å²) in [5.41, 5.74) is -0.621. The summed E-state index contributed by atoms with van der Waals surface area (Å²) in [6, 6.07) is 12.1. The summed E-state index contributed by atoms with van der Waals surface area (Å²) in [6.07, 6.45) is -1.62. The van der Waals surface area contributed by atoms with Crippen LogP contribution in [0.25, 0.3) is 0 Å². The lowest BCUT2D eigenvalue weighted by Crippen LogP contribution is -2.74. The van der Waals surface area contributed by atoms with Crippen LogP contribution in [0.2, 0.25) is 0 Å². The molecular weight excluding hydrogens is 388 g/mol. The highest BCUT2D eigenvalue weighted by Gasteiger charge is 2.82. The summed E-state index contributed by atoms with van der Waals surface area (Å²) in [5, 5.41) is 13.5. The van der Waals surface area contributed by atoms with Crippen molar-refractivity contribution in [1.29, 1.82) is 0 Å². The van der Waals surface area contributed by atoms with Gasteiger partial charge in [-0.15, -0.1) is 0 Å². The number of carbonyl (C=O) groups excluding carboxylic acids is 3. The molecule has 8 nitrogen and oxygen atoms in total. The van der Waals surface area contributed by atoms with Gasteiger partial charge in [-0.05, 0) is 24.6 Å². The van der Waals surface area contributed by atoms with Gasteiger partial charge in [-0.2, -0.15) is 0 Å². The highest BCUT2D eigenvalue weighted by atomic mass is 16.7. The molecule has 2 aromatic rings. The molecule has 154 valence electrons. The number of nitrogens with one attached hydrogen (secondary N) is 1. The van der Waals surface area contributed by atoms with E-state index in [1.807, 2.05) is 0 Å². The Labute approximate surface area is 172 Å². The lowest BCUT2D eigenvalue weighted by Gasteiger charge is -2.56. The number of para-hydroxylation sites is 1. The van der Waals surface area contributed by atoms with E-state index in [-0.39, 0.29) is 0 Å². The Kier molecular flexibility index (Phi) is 3.69. The van der Waals surface area contributed by atoms with Crippen LogP contribution in [0.3, 0.4) is 0 Å². The number of aliphatic hydroxyl groups is 1. The topological polar surface area (TPSA) is 105 Å². The summed E-state index contributed by atoms with van der Waals surface area (Å²) >= 11 is 0. The van der Waals surface area contributed by atoms with Gasteiger partial charge < -0.3 is 19.9 Å². The number of fused-ring (bicyclic) bond motifs is 6. The molecule has 2 N–H and O–H groups in total. The summed E-state index contributed by atoms with van der Waals surface area (Å²) in [5.74, 6) is -1.68. The van der Waals surface area contributed by atoms with E-state index in [0.29, 0.717) is 28.1 Å². The maximum atomic E-state index is 13.6. The lowest BCUT2D eigenvalue weighted by atomic mass is 9.73. The molecule has 5 rings (SSSR count). The predicted octanol–water partition coefficient (Wildman–Crippen LogP) is 2.28. The minimum Gasteiger partial charge on any atom is -0.432 e. The van der Waals surface area contributed by atoms with E-state index in [1.165, 1.54) is 13.8 Å². The zero-order valence-corrected chi connectivity index (χ0v) is 16.6. The van der Waals surface area contributed by atoms with Crippen LogP contribution < -0.4 is 10.2 Å². The second-order valence-electron chi connectivity index (χ2n) is 7.79. The first kappa shape index (κ1) is 18.8. The molecule has 1 fully saturated rings. The molecule has 30 heavy (non-hydrogen) atoms. The van der Waals surface area contributed by atoms with E-state index < -0.39 is 41.3 Å². The number of esters is 1. The van der Waals surface area contributed by atoms with Crippen LogP contribution in [0, 0.1) is 0 Å². The normalized spacial score (nSPS) is 28.9. The molecule has 3 heterocycles. The molecule has 1 saturated heterocycles. The molecule has 0 bridgehead atoms. The van der Waals surface area contributed by atoms with E-state index in [9.17, 15) is 19.5 Å². The zero-order chi connectivity index (χ0) is 21.4. The van der Waals surface area contributed by atoms with Crippen molar-refractivity contribution in [2.24, 2.45) is 0 Å². The molecule has 2 amide bonds. The highest BCUT2D eigenvalue weighted by Crippen LogP contribution is 2.68. The van der Waals surface area contributed by atoms with Crippen molar-refractivity contribution in [1.82, 2.24) is 0 Å². The number of hydrogen-bond acceptors (Lipinski definition) is 7. The van der Waals surface area contributed by atoms with Crippen LogP contribution in [0.15, 0.2) is 42.5 Å². The number of ether oxygens (including phenoxy) is 2. The van der Waals surface area contributed by atoms with Crippen molar-refractivity contribution in [2.45, 2.75) is 44.3 Å². The van der Waals surface area contributed by atoms with Gasteiger partial charge in [-0.3, -0.25) is 14.4 Å². The first-order chi connectivity index (χ1) is 14.2. The molecule has 0 aromatic heterocycles. The maximum Gasteiger partial charge on any atom is 0.304 e. The number of aliphatic hydroxyl groups excluding tert-OH is 1. The number of nitrogens with zero attached hydrogens (tertiary/aromatic N) is 1. The summed E-state index contributed by atoms with van der Waals surface area (Å²) in [4.78, 5) is 39.1. The van der Waals surface area contributed by atoms with Crippen LogP contribution in [-0.2, 0) is 29.5 Å². The number of hydrogen-bond donors (Lipinski definition) is 2. The predicted molar refractivity (Wildman–Crippen MR) is 105 cm³/mol. The summed E-state index contributed by atoms with van der Waals surface area (Å²) < 4.78 is 12.1. The lowest BCUT2D eigenvalue weighted by molar-refractivity contribution is -0.330. The Hall–Kier alpha value is -3.23. The average Bonchev–Trinajstić information content (AvgIpc) is 3.08. The number of imide groups is 1. The standard InChI is InChI=1S/C22H20N2O6/c1-11(25)14-7-6-9-16-18(14)19-22(23-16,29-13(3)27)21(30-19)15-8-4-5-10-17(15)24(12(2)26)20(21)28/h4-11,19,23,25H,1-3H3. The third-order valence-electron chi connectivity index (χ3n) is 6.01. The molecule has 2 aromatic carbocycles. The fourth-order valence-corrected chi connectivity index (χ4v) is 4.95. The minimum atomic E-state index is -1.72. The molecule has 3 aliphatic rings. The van der Waals surface area contributed by atoms with Crippen LogP contribution in [0.5, 0.6) is 0 Å². The van der Waals surface area contributed by atoms with Crippen molar-refractivity contribution in [3.8, 4) is 0 Å². The zero-order valence-electron chi connectivity index (χ0n) is 16.6. The SMILES string of the molecule is CC(=O)OC12Nc3cccc(C(C)O)c3C1OC21C(=O)N(C(C)=O)c2ccccc21. The van der Waals surface area contributed by atoms with Crippen LogP contribution >= 0.6 is 0 Å². The first-order valence-corrected chi connectivity index (χ1v) is 9.65. The fourth-order valence-electron chi connectivity index (χ4n) is 4.95. The van der Waals surface area contributed by atoms with Gasteiger partial charge in [0.15, 0.2) is 0 Å². The number of anilines is 2. The van der Waals surface area contributed by atoms with Gasteiger partial charge in [0.1, 0.15) is 6.10 Å². The number of amides is 2. The molecule has 4 atom stereocenters. The van der Waals surface area contributed by atoms with Gasteiger partial charge in [0.25, 0.3) is 11.6 Å². The van der Waals surface area contributed by atoms with E-state index in [1.54, 1.807) is 49.4 Å². The molecule has 0 radical (unpaired) electrons. The Bertz CT molecular complexity index is 1130. The number of carbonyl (C=O) groups is 3. The first-order valence-electron chi connectivity index (χ1n) is 9.65. The third kappa shape index (κ3) is 1.99. The second-order valence-corrected chi connectivity index (χ2v) is 7.79. The van der Waals surface area contributed by atoms with Gasteiger partial charge in [-0.1, -0.05) is 30.3 Å². The van der Waals surface area contributed by atoms with Crippen molar-refractivity contribution >= 4 is 29.2 Å². The summed E-state index contributed by atoms with van der Waals surface area (Å²) in [7, 11) is 0. The number of rotatable bonds is 2. The van der Waals surface area contributed by atoms with E-state index in [2.05, 4.69) is 5.32 Å². The van der Waals surface area contributed by atoms with Crippen molar-refractivity contribution in [3.05, 3.63) is 59.2 Å². The molecule has 1 spiro atoms. The van der Waals surface area contributed by atoms with Crippen LogP contribution in [0.4, 0.5) is 11.4 Å². The van der Waals surface area contributed by atoms with Crippen molar-refractivity contribution in [2.75, 3.05) is 10.2 Å². The summed E-state index contributed by atoms with van der Waals surface area (Å²) in [6.45, 7) is 4.18. The second kappa shape index (κ2) is 5.90. The molecule has 3 aliphatic heterocycles. The van der Waals surface area contributed by atoms with E-state index in [0.717, 1.165) is 4.90 Å². The molecular formula is C22H20N2O6. The van der Waals surface area contributed by atoms with Gasteiger partial charge in [0, 0.05) is 30.7 Å². The quantitative estimate of drug-likeness (QED) is 0.735. The monoisotopic (exact) mass is 408 g/mol. The Morgan fingerprint density at radius 1 is 1.20 bits per heavy atom. The molecule has 4 unspecified atom stereocenters. The molecule has 0 aliphatic carbocycles. The Morgan fingerprint density at radius 2 is 1.93 bits per heavy atom. The van der Waals surface area contributed by atoms with Crippen LogP contribution in [0.1, 0.15) is 49.7 Å². The minimum absolute atomic E-state index is 0.397. The largest absolute Gasteiger partial charge is 0.432 e. The van der Waals surface area contributed by atoms with Crippen molar-refractivity contribution in [3.63, 3.8) is 0 Å². The molecule has 8 heteroatoms. The van der Waals surface area contributed by atoms with Gasteiger partial charge in [0.05, 0.1) is 11.8 Å². The number of benzene rings is 2. The van der Waals surface area contributed by atoms with E-state index in [4.69, 9.17) is 9.47 Å². The Morgan fingerprint density at radius 3 is 2.60 bits per heavy atom. The maximum absolute atomic E-state index is 13.6. The Balaban J connectivity index is 1.75. The third-order valence-corrected chi connectivity index (χ3v) is 6.01.